The molecule has 5 heteroatoms. The van der Waals surface area contributed by atoms with Gasteiger partial charge >= 0.3 is 0 Å². The Kier molecular flexibility index (Phi) is 5.71. The maximum Gasteiger partial charge on any atom is 0.248 e. The first-order chi connectivity index (χ1) is 12.7. The average molecular weight is 365 g/mol. The summed E-state index contributed by atoms with van der Waals surface area (Å²) < 4.78 is 10.4. The van der Waals surface area contributed by atoms with Crippen LogP contribution >= 0.6 is 11.3 Å². The van der Waals surface area contributed by atoms with Crippen molar-refractivity contribution >= 4 is 29.0 Å². The summed E-state index contributed by atoms with van der Waals surface area (Å²) in [5, 5.41) is 2.82. The molecule has 1 amide bonds. The molecular formula is C21H19NO3S. The van der Waals surface area contributed by atoms with Gasteiger partial charge in [-0.25, -0.2) is 0 Å². The van der Waals surface area contributed by atoms with Gasteiger partial charge in [-0.15, -0.1) is 11.3 Å². The zero-order valence-electron chi connectivity index (χ0n) is 14.6. The number of anilines is 1. The van der Waals surface area contributed by atoms with Crippen LogP contribution in [0.1, 0.15) is 4.88 Å². The van der Waals surface area contributed by atoms with Crippen LogP contribution < -0.4 is 14.8 Å². The second-order valence-electron chi connectivity index (χ2n) is 5.49. The van der Waals surface area contributed by atoms with E-state index in [9.17, 15) is 4.79 Å². The second-order valence-corrected chi connectivity index (χ2v) is 6.61. The molecule has 3 rings (SSSR count). The third-order valence-corrected chi connectivity index (χ3v) is 4.80. The normalized spacial score (nSPS) is 10.7. The molecule has 0 spiro atoms. The highest BCUT2D eigenvalue weighted by molar-refractivity contribution is 7.16. The molecular weight excluding hydrogens is 346 g/mol. The van der Waals surface area contributed by atoms with Gasteiger partial charge in [0.1, 0.15) is 11.5 Å². The first-order valence-corrected chi connectivity index (χ1v) is 8.87. The summed E-state index contributed by atoms with van der Waals surface area (Å²) in [7, 11) is 3.14. The Hall–Kier alpha value is -3.05. The third kappa shape index (κ3) is 4.52. The van der Waals surface area contributed by atoms with Crippen molar-refractivity contribution in [3.63, 3.8) is 0 Å². The van der Waals surface area contributed by atoms with E-state index in [1.807, 2.05) is 30.3 Å². The van der Waals surface area contributed by atoms with Crippen molar-refractivity contribution in [1.29, 1.82) is 0 Å². The maximum absolute atomic E-state index is 12.2. The van der Waals surface area contributed by atoms with E-state index in [0.717, 1.165) is 4.88 Å². The van der Waals surface area contributed by atoms with Gasteiger partial charge in [-0.2, -0.15) is 0 Å². The van der Waals surface area contributed by atoms with Crippen LogP contribution in [0.25, 0.3) is 16.5 Å². The number of carbonyl (C=O) groups excluding carboxylic acids is 1. The van der Waals surface area contributed by atoms with E-state index in [2.05, 4.69) is 23.5 Å². The molecule has 132 valence electrons. The topological polar surface area (TPSA) is 47.6 Å². The standard InChI is InChI=1S/C21H19NO3S/c1-24-17-12-16(13-18(14-17)25-2)22-21(23)11-9-19-8-10-20(26-19)15-6-4-3-5-7-15/h3-14H,1-2H3,(H,22,23)/b11-9+. The molecule has 0 saturated carbocycles. The number of hydrogen-bond donors (Lipinski definition) is 1. The first-order valence-electron chi connectivity index (χ1n) is 8.05. The minimum atomic E-state index is -0.213. The number of hydrogen-bond acceptors (Lipinski definition) is 4. The number of thiophene rings is 1. The molecule has 0 aliphatic heterocycles. The Balaban J connectivity index is 1.68. The molecule has 0 unspecified atom stereocenters. The number of rotatable bonds is 6. The molecule has 26 heavy (non-hydrogen) atoms. The molecule has 1 aromatic heterocycles. The lowest BCUT2D eigenvalue weighted by atomic mass is 10.2. The van der Waals surface area contributed by atoms with E-state index in [-0.39, 0.29) is 5.91 Å². The quantitative estimate of drug-likeness (QED) is 0.619. The van der Waals surface area contributed by atoms with E-state index in [0.29, 0.717) is 17.2 Å². The number of benzene rings is 2. The van der Waals surface area contributed by atoms with Gasteiger partial charge in [0.2, 0.25) is 5.91 Å². The molecule has 0 aliphatic carbocycles. The number of ether oxygens (including phenoxy) is 2. The van der Waals surface area contributed by atoms with E-state index in [1.54, 1.807) is 43.8 Å². The van der Waals surface area contributed by atoms with Gasteiger partial charge in [0.05, 0.1) is 14.2 Å². The van der Waals surface area contributed by atoms with Crippen LogP contribution in [0.5, 0.6) is 11.5 Å². The average Bonchev–Trinajstić information content (AvgIpc) is 3.16. The summed E-state index contributed by atoms with van der Waals surface area (Å²) in [5.41, 5.74) is 1.79. The number of carbonyl (C=O) groups is 1. The van der Waals surface area contributed by atoms with E-state index < -0.39 is 0 Å². The molecule has 0 radical (unpaired) electrons. The summed E-state index contributed by atoms with van der Waals surface area (Å²) in [6.07, 6.45) is 3.33. The molecule has 0 saturated heterocycles. The highest BCUT2D eigenvalue weighted by Gasteiger charge is 2.05. The largest absolute Gasteiger partial charge is 0.497 e. The Labute approximate surface area is 156 Å². The summed E-state index contributed by atoms with van der Waals surface area (Å²) >= 11 is 1.64. The van der Waals surface area contributed by atoms with Crippen LogP contribution in [-0.4, -0.2) is 20.1 Å². The van der Waals surface area contributed by atoms with Crippen LogP contribution in [0, 0.1) is 0 Å². The number of methoxy groups -OCH3 is 2. The predicted molar refractivity (Wildman–Crippen MR) is 107 cm³/mol. The summed E-state index contributed by atoms with van der Waals surface area (Å²) in [4.78, 5) is 14.4. The van der Waals surface area contributed by atoms with Crippen molar-refractivity contribution in [2.24, 2.45) is 0 Å². The Morgan fingerprint density at radius 1 is 0.962 bits per heavy atom. The van der Waals surface area contributed by atoms with Crippen molar-refractivity contribution in [1.82, 2.24) is 0 Å². The molecule has 1 heterocycles. The lowest BCUT2D eigenvalue weighted by Gasteiger charge is -2.08. The molecule has 3 aromatic rings. The van der Waals surface area contributed by atoms with Crippen LogP contribution in [-0.2, 0) is 4.79 Å². The number of amides is 1. The highest BCUT2D eigenvalue weighted by atomic mass is 32.1. The smallest absolute Gasteiger partial charge is 0.248 e. The minimum absolute atomic E-state index is 0.213. The fraction of sp³-hybridized carbons (Fsp3) is 0.0952. The summed E-state index contributed by atoms with van der Waals surface area (Å²) in [6, 6.07) is 19.5. The monoisotopic (exact) mass is 365 g/mol. The first kappa shape index (κ1) is 17.8. The van der Waals surface area contributed by atoms with Crippen LogP contribution in [0.4, 0.5) is 5.69 Å². The zero-order chi connectivity index (χ0) is 18.4. The fourth-order valence-electron chi connectivity index (χ4n) is 2.42. The maximum atomic E-state index is 12.2. The lowest BCUT2D eigenvalue weighted by molar-refractivity contribution is -0.111. The Morgan fingerprint density at radius 3 is 2.31 bits per heavy atom. The van der Waals surface area contributed by atoms with Crippen LogP contribution in [0.3, 0.4) is 0 Å². The van der Waals surface area contributed by atoms with E-state index in [4.69, 9.17) is 9.47 Å². The van der Waals surface area contributed by atoms with Gasteiger partial charge in [0.15, 0.2) is 0 Å². The van der Waals surface area contributed by atoms with Gasteiger partial charge in [-0.3, -0.25) is 4.79 Å². The van der Waals surface area contributed by atoms with E-state index >= 15 is 0 Å². The molecule has 0 aliphatic rings. The van der Waals surface area contributed by atoms with Crippen molar-refractivity contribution in [2.75, 3.05) is 19.5 Å². The van der Waals surface area contributed by atoms with Crippen molar-refractivity contribution < 1.29 is 14.3 Å². The van der Waals surface area contributed by atoms with Gasteiger partial charge < -0.3 is 14.8 Å². The molecule has 0 fully saturated rings. The second kappa shape index (κ2) is 8.36. The van der Waals surface area contributed by atoms with Gasteiger partial charge in [0, 0.05) is 39.7 Å². The summed E-state index contributed by atoms with van der Waals surface area (Å²) in [5.74, 6) is 1.03. The molecule has 0 atom stereocenters. The fourth-order valence-corrected chi connectivity index (χ4v) is 3.34. The Bertz CT molecular complexity index is 894. The lowest BCUT2D eigenvalue weighted by Crippen LogP contribution is -2.07. The Morgan fingerprint density at radius 2 is 1.65 bits per heavy atom. The summed E-state index contributed by atoms with van der Waals surface area (Å²) in [6.45, 7) is 0. The highest BCUT2D eigenvalue weighted by Crippen LogP contribution is 2.29. The van der Waals surface area contributed by atoms with Crippen molar-refractivity contribution in [3.8, 4) is 21.9 Å². The van der Waals surface area contributed by atoms with Crippen molar-refractivity contribution in [3.05, 3.63) is 71.6 Å². The molecule has 4 nitrogen and oxygen atoms in total. The minimum Gasteiger partial charge on any atom is -0.497 e. The van der Waals surface area contributed by atoms with Crippen molar-refractivity contribution in [2.45, 2.75) is 0 Å². The zero-order valence-corrected chi connectivity index (χ0v) is 15.4. The third-order valence-electron chi connectivity index (χ3n) is 3.70. The molecule has 0 bridgehead atoms. The van der Waals surface area contributed by atoms with Gasteiger partial charge in [-0.05, 0) is 23.8 Å². The van der Waals surface area contributed by atoms with Crippen LogP contribution in [0.15, 0.2) is 66.7 Å². The van der Waals surface area contributed by atoms with Gasteiger partial charge in [0.25, 0.3) is 0 Å². The predicted octanol–water partition coefficient (Wildman–Crippen LogP) is 5.08. The molecule has 1 N–H and O–H groups in total. The van der Waals surface area contributed by atoms with Crippen LogP contribution in [0.2, 0.25) is 0 Å². The number of nitrogens with one attached hydrogen (secondary N) is 1. The van der Waals surface area contributed by atoms with E-state index in [1.165, 1.54) is 16.5 Å². The van der Waals surface area contributed by atoms with Gasteiger partial charge in [-0.1, -0.05) is 30.3 Å². The molecule has 2 aromatic carbocycles. The SMILES string of the molecule is COc1cc(NC(=O)/C=C/c2ccc(-c3ccccc3)s2)cc(OC)c1.